The van der Waals surface area contributed by atoms with Gasteiger partial charge in [-0.25, -0.2) is 5.43 Å². The molecular formula is C17H19N3O. The second kappa shape index (κ2) is 7.94. The van der Waals surface area contributed by atoms with Gasteiger partial charge in [-0.3, -0.25) is 9.78 Å². The molecule has 0 saturated heterocycles. The van der Waals surface area contributed by atoms with Crippen LogP contribution in [-0.4, -0.2) is 16.6 Å². The van der Waals surface area contributed by atoms with Gasteiger partial charge in [0.15, 0.2) is 0 Å². The lowest BCUT2D eigenvalue weighted by Crippen LogP contribution is -2.20. The third-order valence-corrected chi connectivity index (χ3v) is 3.00. The van der Waals surface area contributed by atoms with E-state index in [0.717, 1.165) is 24.1 Å². The molecule has 1 N–H and O–H groups in total. The van der Waals surface area contributed by atoms with E-state index in [9.17, 15) is 4.79 Å². The van der Waals surface area contributed by atoms with Gasteiger partial charge in [-0.05, 0) is 18.6 Å². The number of nitrogens with zero attached hydrogens (tertiary/aromatic N) is 2. The number of hydrogen-bond donors (Lipinski definition) is 1. The highest BCUT2D eigenvalue weighted by Gasteiger charge is 2.08. The topological polar surface area (TPSA) is 54.4 Å². The number of rotatable bonds is 6. The van der Waals surface area contributed by atoms with Gasteiger partial charge >= 0.3 is 0 Å². The zero-order chi connectivity index (χ0) is 14.9. The number of pyridine rings is 1. The highest BCUT2D eigenvalue weighted by Crippen LogP contribution is 2.08. The zero-order valence-electron chi connectivity index (χ0n) is 12.1. The van der Waals surface area contributed by atoms with E-state index in [-0.39, 0.29) is 5.91 Å². The molecule has 2 aromatic rings. The van der Waals surface area contributed by atoms with Crippen LogP contribution < -0.4 is 5.43 Å². The second-order valence-electron chi connectivity index (χ2n) is 4.68. The molecule has 1 aromatic heterocycles. The van der Waals surface area contributed by atoms with E-state index in [1.165, 1.54) is 0 Å². The average molecular weight is 281 g/mol. The van der Waals surface area contributed by atoms with Crippen molar-refractivity contribution < 1.29 is 4.79 Å². The molecule has 0 aliphatic rings. The Morgan fingerprint density at radius 3 is 2.57 bits per heavy atom. The fourth-order valence-electron chi connectivity index (χ4n) is 1.88. The van der Waals surface area contributed by atoms with Crippen LogP contribution in [0, 0.1) is 0 Å². The van der Waals surface area contributed by atoms with Crippen LogP contribution in [0.15, 0.2) is 59.8 Å². The summed E-state index contributed by atoms with van der Waals surface area (Å²) in [6.45, 7) is 2.06. The molecule has 108 valence electrons. The summed E-state index contributed by atoms with van der Waals surface area (Å²) in [5, 5.41) is 4.27. The minimum atomic E-state index is -0.0683. The van der Waals surface area contributed by atoms with Crippen LogP contribution in [0.1, 0.15) is 37.4 Å². The number of unbranched alkanes of at least 4 members (excludes halogenated alkanes) is 1. The third kappa shape index (κ3) is 4.53. The summed E-state index contributed by atoms with van der Waals surface area (Å²) in [5.74, 6) is -0.0683. The Hall–Kier alpha value is -2.49. The summed E-state index contributed by atoms with van der Waals surface area (Å²) >= 11 is 0. The monoisotopic (exact) mass is 281 g/mol. The fraction of sp³-hybridized carbons (Fsp3) is 0.235. The van der Waals surface area contributed by atoms with E-state index in [1.807, 2.05) is 48.5 Å². The molecule has 0 aliphatic heterocycles. The van der Waals surface area contributed by atoms with Crippen LogP contribution in [0.5, 0.6) is 0 Å². The maximum absolute atomic E-state index is 11.7. The first-order valence-corrected chi connectivity index (χ1v) is 7.14. The number of hydrogen-bond acceptors (Lipinski definition) is 3. The van der Waals surface area contributed by atoms with Crippen molar-refractivity contribution >= 4 is 11.6 Å². The van der Waals surface area contributed by atoms with Crippen molar-refractivity contribution in [2.24, 2.45) is 5.10 Å². The van der Waals surface area contributed by atoms with E-state index in [1.54, 1.807) is 6.20 Å². The second-order valence-corrected chi connectivity index (χ2v) is 4.68. The molecule has 1 aromatic carbocycles. The summed E-state index contributed by atoms with van der Waals surface area (Å²) in [5.41, 5.74) is 4.95. The van der Waals surface area contributed by atoms with Crippen molar-refractivity contribution in [3.63, 3.8) is 0 Å². The summed E-state index contributed by atoms with van der Waals surface area (Å²) < 4.78 is 0. The standard InChI is InChI=1S/C17H19N3O/c1-2-3-12-16(21)19-20-17(14-9-5-4-6-10-14)15-11-7-8-13-18-15/h4-11,13H,2-3,12H2,1H3,(H,19,21)/b20-17+. The largest absolute Gasteiger partial charge is 0.273 e. The van der Waals surface area contributed by atoms with Gasteiger partial charge in [-0.15, -0.1) is 0 Å². The van der Waals surface area contributed by atoms with Crippen LogP contribution in [0.2, 0.25) is 0 Å². The van der Waals surface area contributed by atoms with E-state index >= 15 is 0 Å². The van der Waals surface area contributed by atoms with Crippen molar-refractivity contribution in [3.8, 4) is 0 Å². The molecule has 4 nitrogen and oxygen atoms in total. The minimum absolute atomic E-state index is 0.0683. The third-order valence-electron chi connectivity index (χ3n) is 3.00. The van der Waals surface area contributed by atoms with Crippen LogP contribution >= 0.6 is 0 Å². The van der Waals surface area contributed by atoms with E-state index < -0.39 is 0 Å². The number of carbonyl (C=O) groups is 1. The predicted octanol–water partition coefficient (Wildman–Crippen LogP) is 3.14. The molecule has 0 saturated carbocycles. The Morgan fingerprint density at radius 1 is 1.14 bits per heavy atom. The summed E-state index contributed by atoms with van der Waals surface area (Å²) in [6, 6.07) is 15.4. The molecule has 21 heavy (non-hydrogen) atoms. The van der Waals surface area contributed by atoms with Gasteiger partial charge < -0.3 is 0 Å². The molecule has 0 spiro atoms. The highest BCUT2D eigenvalue weighted by molar-refractivity contribution is 6.11. The molecule has 0 fully saturated rings. The Kier molecular flexibility index (Phi) is 5.64. The maximum Gasteiger partial charge on any atom is 0.240 e. The Balaban J connectivity index is 2.23. The lowest BCUT2D eigenvalue weighted by Gasteiger charge is -2.07. The zero-order valence-corrected chi connectivity index (χ0v) is 12.1. The molecule has 0 bridgehead atoms. The number of amides is 1. The molecule has 0 unspecified atom stereocenters. The fourth-order valence-corrected chi connectivity index (χ4v) is 1.88. The van der Waals surface area contributed by atoms with Gasteiger partial charge in [0.2, 0.25) is 5.91 Å². The summed E-state index contributed by atoms with van der Waals surface area (Å²) in [6.07, 6.45) is 4.06. The highest BCUT2D eigenvalue weighted by atomic mass is 16.2. The van der Waals surface area contributed by atoms with Gasteiger partial charge in [0.05, 0.1) is 5.69 Å². The van der Waals surface area contributed by atoms with Crippen molar-refractivity contribution in [1.82, 2.24) is 10.4 Å². The predicted molar refractivity (Wildman–Crippen MR) is 84.0 cm³/mol. The molecule has 0 radical (unpaired) electrons. The number of benzene rings is 1. The SMILES string of the molecule is CCCCC(=O)N/N=C(\c1ccccc1)c1ccccn1. The molecule has 2 rings (SSSR count). The lowest BCUT2D eigenvalue weighted by atomic mass is 10.1. The van der Waals surface area contributed by atoms with E-state index in [4.69, 9.17) is 0 Å². The number of hydrazone groups is 1. The van der Waals surface area contributed by atoms with Gasteiger partial charge in [0.25, 0.3) is 0 Å². The molecular weight excluding hydrogens is 262 g/mol. The molecule has 4 heteroatoms. The van der Waals surface area contributed by atoms with E-state index in [2.05, 4.69) is 22.4 Å². The normalized spacial score (nSPS) is 11.2. The van der Waals surface area contributed by atoms with Gasteiger partial charge in [0.1, 0.15) is 5.71 Å². The number of aromatic nitrogens is 1. The lowest BCUT2D eigenvalue weighted by molar-refractivity contribution is -0.121. The minimum Gasteiger partial charge on any atom is -0.273 e. The Morgan fingerprint density at radius 2 is 1.90 bits per heavy atom. The van der Waals surface area contributed by atoms with Crippen molar-refractivity contribution in [3.05, 3.63) is 66.0 Å². The molecule has 0 aliphatic carbocycles. The van der Waals surface area contributed by atoms with Gasteiger partial charge in [-0.2, -0.15) is 5.10 Å². The van der Waals surface area contributed by atoms with Crippen LogP contribution in [0.3, 0.4) is 0 Å². The van der Waals surface area contributed by atoms with Crippen molar-refractivity contribution in [2.75, 3.05) is 0 Å². The van der Waals surface area contributed by atoms with Gasteiger partial charge in [-0.1, -0.05) is 49.7 Å². The quantitative estimate of drug-likeness (QED) is 0.653. The van der Waals surface area contributed by atoms with Crippen LogP contribution in [-0.2, 0) is 4.79 Å². The molecule has 1 heterocycles. The first-order valence-electron chi connectivity index (χ1n) is 7.14. The van der Waals surface area contributed by atoms with Crippen molar-refractivity contribution in [1.29, 1.82) is 0 Å². The Labute approximate surface area is 124 Å². The first-order chi connectivity index (χ1) is 10.3. The summed E-state index contributed by atoms with van der Waals surface area (Å²) in [7, 11) is 0. The van der Waals surface area contributed by atoms with E-state index in [0.29, 0.717) is 12.1 Å². The van der Waals surface area contributed by atoms with Gasteiger partial charge in [0, 0.05) is 18.2 Å². The molecule has 0 atom stereocenters. The average Bonchev–Trinajstić information content (AvgIpc) is 2.55. The summed E-state index contributed by atoms with van der Waals surface area (Å²) in [4.78, 5) is 16.0. The molecule has 1 amide bonds. The first kappa shape index (κ1) is 14.9. The number of nitrogens with one attached hydrogen (secondary N) is 1. The number of carbonyl (C=O) groups excluding carboxylic acids is 1. The Bertz CT molecular complexity index is 552. The van der Waals surface area contributed by atoms with Crippen LogP contribution in [0.25, 0.3) is 0 Å². The van der Waals surface area contributed by atoms with Crippen LogP contribution in [0.4, 0.5) is 0 Å². The maximum atomic E-state index is 11.7. The smallest absolute Gasteiger partial charge is 0.240 e. The van der Waals surface area contributed by atoms with Crippen molar-refractivity contribution in [2.45, 2.75) is 26.2 Å².